The number of fused-ring (bicyclic) bond motifs is 1. The largest absolute Gasteiger partial charge is 0.506 e. The number of rotatable bonds is 7. The molecule has 3 rings (SSSR count). The van der Waals surface area contributed by atoms with Crippen molar-refractivity contribution in [1.29, 1.82) is 0 Å². The highest BCUT2D eigenvalue weighted by molar-refractivity contribution is 7.85. The van der Waals surface area contributed by atoms with Crippen molar-refractivity contribution in [3.8, 4) is 5.75 Å². The maximum Gasteiger partial charge on any atom is 0.347 e. The van der Waals surface area contributed by atoms with Gasteiger partial charge in [-0.05, 0) is 25.0 Å². The van der Waals surface area contributed by atoms with E-state index in [9.17, 15) is 37.3 Å². The van der Waals surface area contributed by atoms with Gasteiger partial charge in [-0.3, -0.25) is 18.9 Å². The average Bonchev–Trinajstić information content (AvgIpc) is 2.72. The number of carbonyl (C=O) groups excluding carboxylic acids is 2. The van der Waals surface area contributed by atoms with Crippen LogP contribution in [0.1, 0.15) is 29.6 Å². The van der Waals surface area contributed by atoms with Gasteiger partial charge in [0.05, 0.1) is 22.6 Å². The third-order valence-corrected chi connectivity index (χ3v) is 6.58. The molecule has 0 radical (unpaired) electrons. The van der Waals surface area contributed by atoms with Crippen LogP contribution < -0.4 is 5.63 Å². The fraction of sp³-hybridized carbons (Fsp3) is 0.400. The lowest BCUT2D eigenvalue weighted by Crippen LogP contribution is -2.45. The molecule has 1 atom stereocenters. The normalized spacial score (nSPS) is 16.0. The Bertz CT molecular complexity index is 1280. The van der Waals surface area contributed by atoms with Gasteiger partial charge in [0.1, 0.15) is 16.9 Å². The number of carboxylic acids is 1. The van der Waals surface area contributed by atoms with E-state index in [-0.39, 0.29) is 47.7 Å². The number of hydrogen-bond acceptors (Lipinski definition) is 8. The molecule has 0 spiro atoms. The Morgan fingerprint density at radius 3 is 2.39 bits per heavy atom. The van der Waals surface area contributed by atoms with Crippen molar-refractivity contribution in [2.45, 2.75) is 19.3 Å². The van der Waals surface area contributed by atoms with Crippen LogP contribution >= 0.6 is 11.6 Å². The quantitative estimate of drug-likeness (QED) is 0.286. The summed E-state index contributed by atoms with van der Waals surface area (Å²) < 4.78 is 37.3. The Labute approximate surface area is 192 Å². The van der Waals surface area contributed by atoms with Crippen molar-refractivity contribution in [2.24, 2.45) is 11.8 Å². The van der Waals surface area contributed by atoms with Crippen molar-refractivity contribution in [2.75, 3.05) is 18.8 Å². The number of carbonyl (C=O) groups is 3. The van der Waals surface area contributed by atoms with Gasteiger partial charge < -0.3 is 19.5 Å². The Morgan fingerprint density at radius 1 is 1.18 bits per heavy atom. The molecule has 33 heavy (non-hydrogen) atoms. The minimum Gasteiger partial charge on any atom is -0.506 e. The van der Waals surface area contributed by atoms with Crippen LogP contribution in [-0.2, 0) is 19.7 Å². The molecule has 13 heteroatoms. The first-order valence-corrected chi connectivity index (χ1v) is 11.8. The minimum atomic E-state index is -4.65. The van der Waals surface area contributed by atoms with Crippen molar-refractivity contribution in [3.05, 3.63) is 39.2 Å². The fourth-order valence-corrected chi connectivity index (χ4v) is 4.67. The lowest BCUT2D eigenvalue weighted by molar-refractivity contribution is -0.146. The summed E-state index contributed by atoms with van der Waals surface area (Å²) in [6.45, 7) is 0.0954. The van der Waals surface area contributed by atoms with Gasteiger partial charge in [0.2, 0.25) is 5.91 Å². The number of benzene rings is 1. The number of nitrogens with zero attached hydrogens (tertiary/aromatic N) is 1. The summed E-state index contributed by atoms with van der Waals surface area (Å²) in [6.07, 6.45) is -0.384. The van der Waals surface area contributed by atoms with Crippen LogP contribution in [0.2, 0.25) is 5.02 Å². The highest BCUT2D eigenvalue weighted by Crippen LogP contribution is 2.29. The SMILES string of the molecule is O=C(CC(CS(=O)(=O)O)C(=O)N1CCC(C(=O)O)CC1)c1cc2cc(Cl)c(O)cc2oc1=O. The summed E-state index contributed by atoms with van der Waals surface area (Å²) in [4.78, 5) is 50.4. The summed E-state index contributed by atoms with van der Waals surface area (Å²) in [5.41, 5.74) is -1.55. The fourth-order valence-electron chi connectivity index (χ4n) is 3.73. The monoisotopic (exact) mass is 501 g/mol. The van der Waals surface area contributed by atoms with Crippen LogP contribution in [0, 0.1) is 11.8 Å². The standard InChI is InChI=1S/C20H20ClNO10S/c21-14-6-11-5-13(20(28)32-17(11)8-16(14)24)15(23)7-12(9-33(29,30)31)18(25)22-3-1-10(2-4-22)19(26)27/h5-6,8,10,12,24H,1-4,7,9H2,(H,26,27)(H,29,30,31). The number of carboxylic acid groups (broad SMARTS) is 1. The van der Waals surface area contributed by atoms with Crippen molar-refractivity contribution >= 4 is 50.3 Å². The first-order valence-electron chi connectivity index (χ1n) is 9.82. The first kappa shape index (κ1) is 24.7. The Balaban J connectivity index is 1.86. The Morgan fingerprint density at radius 2 is 1.82 bits per heavy atom. The van der Waals surface area contributed by atoms with Gasteiger partial charge in [-0.25, -0.2) is 4.79 Å². The Kier molecular flexibility index (Phi) is 7.10. The number of phenols is 1. The van der Waals surface area contributed by atoms with Gasteiger partial charge >= 0.3 is 11.6 Å². The van der Waals surface area contributed by atoms with Gasteiger partial charge in [0, 0.05) is 31.0 Å². The third kappa shape index (κ3) is 5.89. The highest BCUT2D eigenvalue weighted by atomic mass is 35.5. The van der Waals surface area contributed by atoms with Crippen LogP contribution in [0.25, 0.3) is 11.0 Å². The molecule has 1 aliphatic heterocycles. The van der Waals surface area contributed by atoms with E-state index in [0.29, 0.717) is 0 Å². The molecular formula is C20H20ClNO10S. The molecule has 0 bridgehead atoms. The number of hydrogen-bond donors (Lipinski definition) is 3. The molecule has 3 N–H and O–H groups in total. The van der Waals surface area contributed by atoms with Crippen LogP contribution in [0.5, 0.6) is 5.75 Å². The van der Waals surface area contributed by atoms with E-state index in [1.54, 1.807) is 0 Å². The number of halogens is 1. The van der Waals surface area contributed by atoms with Gasteiger partial charge in [-0.15, -0.1) is 0 Å². The van der Waals surface area contributed by atoms with E-state index in [1.807, 2.05) is 0 Å². The average molecular weight is 502 g/mol. The number of amides is 1. The molecule has 0 saturated carbocycles. The smallest absolute Gasteiger partial charge is 0.347 e. The van der Waals surface area contributed by atoms with Crippen LogP contribution in [0.15, 0.2) is 27.4 Å². The van der Waals surface area contributed by atoms with E-state index < -0.39 is 63.0 Å². The number of likely N-dealkylation sites (tertiary alicyclic amines) is 1. The minimum absolute atomic E-state index is 0.0367. The van der Waals surface area contributed by atoms with E-state index >= 15 is 0 Å². The van der Waals surface area contributed by atoms with Crippen molar-refractivity contribution < 1.29 is 42.0 Å². The van der Waals surface area contributed by atoms with Crippen LogP contribution in [0.4, 0.5) is 0 Å². The molecule has 1 amide bonds. The van der Waals surface area contributed by atoms with Gasteiger partial charge in [-0.2, -0.15) is 8.42 Å². The van der Waals surface area contributed by atoms with E-state index in [1.165, 1.54) is 11.0 Å². The van der Waals surface area contributed by atoms with E-state index in [4.69, 9.17) is 21.1 Å². The second-order valence-corrected chi connectivity index (χ2v) is 9.70. The molecule has 1 aliphatic rings. The number of piperidine rings is 1. The maximum absolute atomic E-state index is 12.9. The number of ketones is 1. The zero-order chi connectivity index (χ0) is 24.5. The van der Waals surface area contributed by atoms with Crippen LogP contribution in [-0.4, -0.2) is 64.6 Å². The number of phenolic OH excluding ortho intramolecular Hbond substituents is 1. The first-order chi connectivity index (χ1) is 15.4. The molecule has 1 fully saturated rings. The zero-order valence-corrected chi connectivity index (χ0v) is 18.6. The molecular weight excluding hydrogens is 482 g/mol. The molecule has 11 nitrogen and oxygen atoms in total. The predicted octanol–water partition coefficient (Wildman–Crippen LogP) is 1.55. The summed E-state index contributed by atoms with van der Waals surface area (Å²) in [6, 6.07) is 3.51. The number of aliphatic carboxylic acids is 1. The third-order valence-electron chi connectivity index (χ3n) is 5.45. The second kappa shape index (κ2) is 9.49. The summed E-state index contributed by atoms with van der Waals surface area (Å²) in [5.74, 6) is -6.15. The molecule has 1 saturated heterocycles. The van der Waals surface area contributed by atoms with Gasteiger partial charge in [-0.1, -0.05) is 11.6 Å². The van der Waals surface area contributed by atoms with E-state index in [0.717, 1.165) is 12.1 Å². The maximum atomic E-state index is 12.9. The number of Topliss-reactive ketones (excluding diaryl/α,β-unsaturated/α-hetero) is 1. The zero-order valence-electron chi connectivity index (χ0n) is 17.1. The molecule has 1 aromatic heterocycles. The van der Waals surface area contributed by atoms with Gasteiger partial charge in [0.25, 0.3) is 10.1 Å². The second-order valence-electron chi connectivity index (χ2n) is 7.80. The molecule has 2 aromatic rings. The van der Waals surface area contributed by atoms with Gasteiger partial charge in [0.15, 0.2) is 5.78 Å². The molecule has 1 aromatic carbocycles. The number of aromatic hydroxyl groups is 1. The predicted molar refractivity (Wildman–Crippen MR) is 115 cm³/mol. The lowest BCUT2D eigenvalue weighted by atomic mass is 9.94. The molecule has 178 valence electrons. The van der Waals surface area contributed by atoms with E-state index in [2.05, 4.69) is 0 Å². The summed E-state index contributed by atoms with van der Waals surface area (Å²) >= 11 is 5.84. The molecule has 0 aliphatic carbocycles. The van der Waals surface area contributed by atoms with Crippen molar-refractivity contribution in [1.82, 2.24) is 4.90 Å². The molecule has 1 unspecified atom stereocenters. The topological polar surface area (TPSA) is 179 Å². The lowest BCUT2D eigenvalue weighted by Gasteiger charge is -2.32. The molecule has 2 heterocycles. The van der Waals surface area contributed by atoms with Crippen LogP contribution in [0.3, 0.4) is 0 Å². The van der Waals surface area contributed by atoms with Crippen molar-refractivity contribution in [3.63, 3.8) is 0 Å². The Hall–Kier alpha value is -2.96. The highest BCUT2D eigenvalue weighted by Gasteiger charge is 2.34. The summed E-state index contributed by atoms with van der Waals surface area (Å²) in [7, 11) is -4.65. The summed E-state index contributed by atoms with van der Waals surface area (Å²) in [5, 5.41) is 18.9.